The van der Waals surface area contributed by atoms with Gasteiger partial charge in [-0.25, -0.2) is 4.39 Å². The summed E-state index contributed by atoms with van der Waals surface area (Å²) >= 11 is 1.79. The van der Waals surface area contributed by atoms with Gasteiger partial charge in [0.1, 0.15) is 18.2 Å². The SMILES string of the molecule is C=CC(=O)NCCNc1nc(OC[C@@H]2CCCN2C)nc2cc(-c3cccc4c3SCCC4)c(F)cc12. The molecule has 2 aliphatic heterocycles. The number of hydrogen-bond donors (Lipinski definition) is 2. The Hall–Kier alpha value is -3.17. The number of nitrogens with one attached hydrogen (secondary N) is 2. The number of carbonyl (C=O) groups is 1. The normalized spacial score (nSPS) is 17.4. The van der Waals surface area contributed by atoms with Gasteiger partial charge in [-0.2, -0.15) is 9.97 Å². The van der Waals surface area contributed by atoms with Gasteiger partial charge in [-0.1, -0.05) is 24.8 Å². The van der Waals surface area contributed by atoms with Gasteiger partial charge in [0.05, 0.1) is 5.52 Å². The highest BCUT2D eigenvalue weighted by Gasteiger charge is 2.23. The lowest BCUT2D eigenvalue weighted by atomic mass is 9.99. The molecule has 0 bridgehead atoms. The van der Waals surface area contributed by atoms with Crippen LogP contribution >= 0.6 is 11.8 Å². The summed E-state index contributed by atoms with van der Waals surface area (Å²) in [6, 6.07) is 9.99. The van der Waals surface area contributed by atoms with E-state index in [0.29, 0.717) is 48.0 Å². The van der Waals surface area contributed by atoms with Gasteiger partial charge in [0, 0.05) is 35.0 Å². The number of aromatic nitrogens is 2. The van der Waals surface area contributed by atoms with Crippen molar-refractivity contribution in [1.82, 2.24) is 20.2 Å². The smallest absolute Gasteiger partial charge is 0.318 e. The predicted octanol–water partition coefficient (Wildman–Crippen LogP) is 4.66. The third-order valence-electron chi connectivity index (χ3n) is 6.97. The molecule has 0 aliphatic carbocycles. The van der Waals surface area contributed by atoms with Crippen LogP contribution in [-0.2, 0) is 11.2 Å². The Balaban J connectivity index is 1.49. The molecule has 3 heterocycles. The van der Waals surface area contributed by atoms with Crippen LogP contribution in [0.2, 0.25) is 0 Å². The minimum atomic E-state index is -0.320. The maximum Gasteiger partial charge on any atom is 0.318 e. The maximum atomic E-state index is 15.6. The second-order valence-corrected chi connectivity index (χ2v) is 10.6. The quantitative estimate of drug-likeness (QED) is 0.313. The monoisotopic (exact) mass is 521 g/mol. The summed E-state index contributed by atoms with van der Waals surface area (Å²) in [4.78, 5) is 24.2. The van der Waals surface area contributed by atoms with E-state index in [1.165, 1.54) is 17.7 Å². The number of nitrogens with zero attached hydrogens (tertiary/aromatic N) is 3. The van der Waals surface area contributed by atoms with Crippen LogP contribution in [0.3, 0.4) is 0 Å². The molecule has 2 aliphatic rings. The van der Waals surface area contributed by atoms with Crippen LogP contribution in [-0.4, -0.2) is 65.9 Å². The molecule has 2 N–H and O–H groups in total. The first-order valence-corrected chi connectivity index (χ1v) is 13.8. The molecule has 194 valence electrons. The second kappa shape index (κ2) is 11.5. The first-order valence-electron chi connectivity index (χ1n) is 12.8. The highest BCUT2D eigenvalue weighted by atomic mass is 32.2. The van der Waals surface area contributed by atoms with Crippen molar-refractivity contribution in [2.75, 3.05) is 44.4 Å². The summed E-state index contributed by atoms with van der Waals surface area (Å²) < 4.78 is 21.6. The number of carbonyl (C=O) groups excluding carboxylic acids is 1. The van der Waals surface area contributed by atoms with Gasteiger partial charge >= 0.3 is 6.01 Å². The summed E-state index contributed by atoms with van der Waals surface area (Å²) in [7, 11) is 2.10. The molecule has 0 unspecified atom stereocenters. The molecule has 1 saturated heterocycles. The van der Waals surface area contributed by atoms with E-state index < -0.39 is 0 Å². The summed E-state index contributed by atoms with van der Waals surface area (Å²) in [5, 5.41) is 6.52. The largest absolute Gasteiger partial charge is 0.462 e. The molecule has 37 heavy (non-hydrogen) atoms. The molecule has 0 spiro atoms. The van der Waals surface area contributed by atoms with E-state index in [2.05, 4.69) is 45.2 Å². The standard InChI is InChI=1S/C28H32FN5O2S/c1-3-25(35)30-11-12-31-27-22-15-23(29)21(20-10-4-7-18-8-6-14-37-26(18)20)16-24(22)32-28(33-27)36-17-19-9-5-13-34(19)2/h3-4,7,10,15-16,19H,1,5-6,8-9,11-14,17H2,2H3,(H,30,35)(H,31,32,33)/t19-/m0/s1. The van der Waals surface area contributed by atoms with E-state index in [1.807, 2.05) is 12.1 Å². The lowest BCUT2D eigenvalue weighted by Crippen LogP contribution is -2.31. The number of anilines is 1. The zero-order valence-corrected chi connectivity index (χ0v) is 21.9. The van der Waals surface area contributed by atoms with Crippen LogP contribution in [0.15, 0.2) is 47.9 Å². The number of ether oxygens (including phenoxy) is 1. The number of likely N-dealkylation sites (tertiary alicyclic amines) is 1. The number of likely N-dealkylation sites (N-methyl/N-ethyl adjacent to an activating group) is 1. The van der Waals surface area contributed by atoms with Crippen molar-refractivity contribution in [1.29, 1.82) is 0 Å². The Kier molecular flexibility index (Phi) is 7.90. The fourth-order valence-electron chi connectivity index (χ4n) is 4.93. The van der Waals surface area contributed by atoms with Gasteiger partial charge in [-0.05, 0) is 74.4 Å². The molecule has 1 aromatic heterocycles. The number of rotatable bonds is 9. The Morgan fingerprint density at radius 2 is 2.16 bits per heavy atom. The third kappa shape index (κ3) is 5.72. The van der Waals surface area contributed by atoms with Crippen molar-refractivity contribution in [2.45, 2.75) is 36.6 Å². The van der Waals surface area contributed by atoms with Crippen molar-refractivity contribution < 1.29 is 13.9 Å². The lowest BCUT2D eigenvalue weighted by Gasteiger charge is -2.20. The molecule has 9 heteroatoms. The predicted molar refractivity (Wildman–Crippen MR) is 147 cm³/mol. The van der Waals surface area contributed by atoms with Crippen LogP contribution in [0.4, 0.5) is 10.2 Å². The van der Waals surface area contributed by atoms with Gasteiger partial charge in [0.15, 0.2) is 0 Å². The van der Waals surface area contributed by atoms with E-state index in [-0.39, 0.29) is 17.7 Å². The molecular weight excluding hydrogens is 489 g/mol. The number of aryl methyl sites for hydroxylation is 1. The molecule has 0 saturated carbocycles. The minimum absolute atomic E-state index is 0.251. The molecule has 1 fully saturated rings. The molecule has 0 radical (unpaired) electrons. The van der Waals surface area contributed by atoms with Crippen molar-refractivity contribution in [2.24, 2.45) is 0 Å². The number of halogens is 1. The van der Waals surface area contributed by atoms with Crippen molar-refractivity contribution in [3.8, 4) is 17.1 Å². The maximum absolute atomic E-state index is 15.6. The molecule has 1 atom stereocenters. The van der Waals surface area contributed by atoms with E-state index in [4.69, 9.17) is 4.74 Å². The fraction of sp³-hybridized carbons (Fsp3) is 0.393. The Morgan fingerprint density at radius 3 is 2.97 bits per heavy atom. The highest BCUT2D eigenvalue weighted by molar-refractivity contribution is 7.99. The first-order chi connectivity index (χ1) is 18.0. The zero-order chi connectivity index (χ0) is 25.8. The number of amides is 1. The summed E-state index contributed by atoms with van der Waals surface area (Å²) in [5.74, 6) is 0.937. The lowest BCUT2D eigenvalue weighted by molar-refractivity contribution is -0.116. The molecule has 1 amide bonds. The van der Waals surface area contributed by atoms with E-state index in [1.54, 1.807) is 17.8 Å². The van der Waals surface area contributed by atoms with Gasteiger partial charge in [0.2, 0.25) is 5.91 Å². The molecular formula is C28H32FN5O2S. The third-order valence-corrected chi connectivity index (χ3v) is 8.23. The zero-order valence-electron chi connectivity index (χ0n) is 21.1. The van der Waals surface area contributed by atoms with Gasteiger partial charge in [-0.3, -0.25) is 4.79 Å². The van der Waals surface area contributed by atoms with Crippen molar-refractivity contribution in [3.63, 3.8) is 0 Å². The van der Waals surface area contributed by atoms with E-state index in [9.17, 15) is 4.79 Å². The number of benzene rings is 2. The van der Waals surface area contributed by atoms with Crippen LogP contribution in [0, 0.1) is 5.82 Å². The number of hydrogen-bond acceptors (Lipinski definition) is 7. The topological polar surface area (TPSA) is 79.4 Å². The molecule has 2 aromatic carbocycles. The first kappa shape index (κ1) is 25.5. The Bertz CT molecular complexity index is 1320. The highest BCUT2D eigenvalue weighted by Crippen LogP contribution is 2.40. The van der Waals surface area contributed by atoms with Gasteiger partial charge in [0.25, 0.3) is 0 Å². The summed E-state index contributed by atoms with van der Waals surface area (Å²) in [6.45, 7) is 5.78. The van der Waals surface area contributed by atoms with Crippen LogP contribution in [0.25, 0.3) is 22.0 Å². The summed E-state index contributed by atoms with van der Waals surface area (Å²) in [6.07, 6.45) is 5.59. The molecule has 5 rings (SSSR count). The average Bonchev–Trinajstić information content (AvgIpc) is 3.33. The van der Waals surface area contributed by atoms with Crippen LogP contribution in [0.5, 0.6) is 6.01 Å². The Labute approximate surface area is 220 Å². The summed E-state index contributed by atoms with van der Waals surface area (Å²) in [5.41, 5.74) is 3.31. The van der Waals surface area contributed by atoms with Crippen LogP contribution in [0.1, 0.15) is 24.8 Å². The van der Waals surface area contributed by atoms with E-state index >= 15 is 4.39 Å². The second-order valence-electron chi connectivity index (χ2n) is 9.46. The molecule has 7 nitrogen and oxygen atoms in total. The van der Waals surface area contributed by atoms with Crippen molar-refractivity contribution >= 4 is 34.4 Å². The fourth-order valence-corrected chi connectivity index (χ4v) is 6.12. The molecule has 3 aromatic rings. The van der Waals surface area contributed by atoms with E-state index in [0.717, 1.165) is 48.4 Å². The number of thioether (sulfide) groups is 1. The van der Waals surface area contributed by atoms with Gasteiger partial charge < -0.3 is 20.3 Å². The van der Waals surface area contributed by atoms with Crippen LogP contribution < -0.4 is 15.4 Å². The Morgan fingerprint density at radius 1 is 1.27 bits per heavy atom. The average molecular weight is 522 g/mol. The minimum Gasteiger partial charge on any atom is -0.462 e. The number of fused-ring (bicyclic) bond motifs is 2. The van der Waals surface area contributed by atoms with Gasteiger partial charge in [-0.15, -0.1) is 11.8 Å². The van der Waals surface area contributed by atoms with Crippen molar-refractivity contribution in [3.05, 3.63) is 54.4 Å².